The fourth-order valence-electron chi connectivity index (χ4n) is 4.09. The number of hydrogen-bond donors (Lipinski definition) is 1. The maximum absolute atomic E-state index is 13.3. The summed E-state index contributed by atoms with van der Waals surface area (Å²) in [5, 5.41) is 3.26. The molecule has 1 unspecified atom stereocenters. The van der Waals surface area contributed by atoms with Crippen LogP contribution in [0, 0.1) is 5.82 Å². The topological polar surface area (TPSA) is 58.6 Å². The number of carbonyl (C=O) groups is 2. The summed E-state index contributed by atoms with van der Waals surface area (Å²) < 4.78 is 18.5. The van der Waals surface area contributed by atoms with E-state index in [0.717, 1.165) is 34.5 Å². The maximum atomic E-state index is 13.3. The molecule has 0 saturated heterocycles. The maximum Gasteiger partial charge on any atom is 0.328 e. The first kappa shape index (κ1) is 22.5. The van der Waals surface area contributed by atoms with Crippen molar-refractivity contribution in [3.05, 3.63) is 95.3 Å². The number of anilines is 2. The van der Waals surface area contributed by atoms with Crippen LogP contribution in [0.4, 0.5) is 15.8 Å². The van der Waals surface area contributed by atoms with E-state index < -0.39 is 6.04 Å². The van der Waals surface area contributed by atoms with Crippen LogP contribution in [0.3, 0.4) is 0 Å². The standard InChI is InChI=1S/C27H27FN2O3/c1-2-33-27(32)24(16-20-8-11-22(28)12-9-20)29-23-13-10-21-14-15-30(25(21)18-23)26(31)17-19-6-4-3-5-7-19/h3-13,18,24,29H,2,14-17H2,1H3. The van der Waals surface area contributed by atoms with Gasteiger partial charge in [-0.05, 0) is 54.3 Å². The Morgan fingerprint density at radius 3 is 2.52 bits per heavy atom. The Labute approximate surface area is 193 Å². The summed E-state index contributed by atoms with van der Waals surface area (Å²) in [6.45, 7) is 2.67. The van der Waals surface area contributed by atoms with E-state index >= 15 is 0 Å². The Hall–Kier alpha value is -3.67. The number of esters is 1. The van der Waals surface area contributed by atoms with Gasteiger partial charge < -0.3 is 15.0 Å². The third kappa shape index (κ3) is 5.58. The van der Waals surface area contributed by atoms with E-state index in [4.69, 9.17) is 4.74 Å². The first-order valence-electron chi connectivity index (χ1n) is 11.2. The number of halogens is 1. The van der Waals surface area contributed by atoms with Gasteiger partial charge in [-0.15, -0.1) is 0 Å². The highest BCUT2D eigenvalue weighted by molar-refractivity contribution is 5.97. The average molecular weight is 447 g/mol. The van der Waals surface area contributed by atoms with Gasteiger partial charge in [-0.1, -0.05) is 48.5 Å². The highest BCUT2D eigenvalue weighted by Gasteiger charge is 2.26. The third-order valence-electron chi connectivity index (χ3n) is 5.75. The van der Waals surface area contributed by atoms with Crippen LogP contribution in [0.1, 0.15) is 23.6 Å². The van der Waals surface area contributed by atoms with Crippen LogP contribution < -0.4 is 10.2 Å². The zero-order valence-electron chi connectivity index (χ0n) is 18.6. The highest BCUT2D eigenvalue weighted by Crippen LogP contribution is 2.32. The van der Waals surface area contributed by atoms with Crippen LogP contribution in [0.15, 0.2) is 72.8 Å². The SMILES string of the molecule is CCOC(=O)C(Cc1ccc(F)cc1)Nc1ccc2c(c1)N(C(=O)Cc1ccccc1)CC2. The van der Waals surface area contributed by atoms with Crippen molar-refractivity contribution in [2.45, 2.75) is 32.2 Å². The molecule has 3 aromatic rings. The number of benzene rings is 3. The van der Waals surface area contributed by atoms with E-state index in [0.29, 0.717) is 19.4 Å². The number of ether oxygens (including phenoxy) is 1. The van der Waals surface area contributed by atoms with Crippen molar-refractivity contribution < 1.29 is 18.7 Å². The molecule has 1 aliphatic heterocycles. The Kier molecular flexibility index (Phi) is 7.03. The van der Waals surface area contributed by atoms with Gasteiger partial charge in [-0.25, -0.2) is 9.18 Å². The molecule has 170 valence electrons. The molecule has 0 saturated carbocycles. The molecule has 1 heterocycles. The van der Waals surface area contributed by atoms with Crippen molar-refractivity contribution in [2.75, 3.05) is 23.4 Å². The molecule has 3 aromatic carbocycles. The van der Waals surface area contributed by atoms with Gasteiger partial charge in [-0.2, -0.15) is 0 Å². The van der Waals surface area contributed by atoms with Crippen LogP contribution >= 0.6 is 0 Å². The quantitative estimate of drug-likeness (QED) is 0.516. The van der Waals surface area contributed by atoms with Crippen molar-refractivity contribution in [1.29, 1.82) is 0 Å². The molecule has 1 atom stereocenters. The molecule has 33 heavy (non-hydrogen) atoms. The van der Waals surface area contributed by atoms with Gasteiger partial charge in [0.25, 0.3) is 0 Å². The lowest BCUT2D eigenvalue weighted by Gasteiger charge is -2.21. The normalized spacial score (nSPS) is 13.3. The van der Waals surface area contributed by atoms with Crippen LogP contribution in [-0.4, -0.2) is 31.1 Å². The number of nitrogens with zero attached hydrogens (tertiary/aromatic N) is 1. The summed E-state index contributed by atoms with van der Waals surface area (Å²) in [6, 6.07) is 21.0. The van der Waals surface area contributed by atoms with Crippen molar-refractivity contribution in [3.8, 4) is 0 Å². The molecule has 4 rings (SSSR count). The second-order valence-corrected chi connectivity index (χ2v) is 8.08. The highest BCUT2D eigenvalue weighted by atomic mass is 19.1. The molecule has 1 aliphatic rings. The molecule has 0 aliphatic carbocycles. The number of nitrogens with one attached hydrogen (secondary N) is 1. The predicted molar refractivity (Wildman–Crippen MR) is 127 cm³/mol. The summed E-state index contributed by atoms with van der Waals surface area (Å²) in [7, 11) is 0. The first-order chi connectivity index (χ1) is 16.0. The third-order valence-corrected chi connectivity index (χ3v) is 5.75. The van der Waals surface area contributed by atoms with Gasteiger partial charge in [0.1, 0.15) is 11.9 Å². The average Bonchev–Trinajstić information content (AvgIpc) is 3.24. The Balaban J connectivity index is 1.52. The fourth-order valence-corrected chi connectivity index (χ4v) is 4.09. The lowest BCUT2D eigenvalue weighted by Crippen LogP contribution is -2.34. The number of fused-ring (bicyclic) bond motifs is 1. The van der Waals surface area contributed by atoms with E-state index in [1.165, 1.54) is 12.1 Å². The van der Waals surface area contributed by atoms with E-state index in [-0.39, 0.29) is 24.3 Å². The van der Waals surface area contributed by atoms with Crippen LogP contribution in [-0.2, 0) is 33.6 Å². The minimum Gasteiger partial charge on any atom is -0.464 e. The van der Waals surface area contributed by atoms with Gasteiger partial charge in [0.2, 0.25) is 5.91 Å². The summed E-state index contributed by atoms with van der Waals surface area (Å²) in [6.07, 6.45) is 1.49. The fraction of sp³-hybridized carbons (Fsp3) is 0.259. The Morgan fingerprint density at radius 2 is 1.79 bits per heavy atom. The largest absolute Gasteiger partial charge is 0.464 e. The minimum atomic E-state index is -0.636. The minimum absolute atomic E-state index is 0.0466. The van der Waals surface area contributed by atoms with E-state index in [1.807, 2.05) is 53.4 Å². The molecule has 0 aromatic heterocycles. The van der Waals surface area contributed by atoms with Gasteiger partial charge in [0.15, 0.2) is 0 Å². The van der Waals surface area contributed by atoms with Gasteiger partial charge >= 0.3 is 5.97 Å². The van der Waals surface area contributed by atoms with Crippen LogP contribution in [0.2, 0.25) is 0 Å². The number of amides is 1. The number of hydrogen-bond acceptors (Lipinski definition) is 4. The Bertz CT molecular complexity index is 1120. The van der Waals surface area contributed by atoms with Crippen molar-refractivity contribution in [3.63, 3.8) is 0 Å². The van der Waals surface area contributed by atoms with E-state index in [1.54, 1.807) is 19.1 Å². The summed E-state index contributed by atoms with van der Waals surface area (Å²) in [5.74, 6) is -0.650. The molecule has 5 nitrogen and oxygen atoms in total. The first-order valence-corrected chi connectivity index (χ1v) is 11.2. The van der Waals surface area contributed by atoms with Gasteiger partial charge in [-0.3, -0.25) is 4.79 Å². The Morgan fingerprint density at radius 1 is 1.03 bits per heavy atom. The molecule has 1 amide bonds. The van der Waals surface area contributed by atoms with E-state index in [2.05, 4.69) is 5.32 Å². The smallest absolute Gasteiger partial charge is 0.328 e. The van der Waals surface area contributed by atoms with Crippen LogP contribution in [0.25, 0.3) is 0 Å². The molecule has 0 bridgehead atoms. The molecule has 0 fully saturated rings. The number of rotatable bonds is 8. The summed E-state index contributed by atoms with van der Waals surface area (Å²) in [4.78, 5) is 27.4. The van der Waals surface area contributed by atoms with Crippen molar-refractivity contribution >= 4 is 23.3 Å². The molecular weight excluding hydrogens is 419 g/mol. The second-order valence-electron chi connectivity index (χ2n) is 8.08. The van der Waals surface area contributed by atoms with Crippen molar-refractivity contribution in [1.82, 2.24) is 0 Å². The van der Waals surface area contributed by atoms with Crippen LogP contribution in [0.5, 0.6) is 0 Å². The second kappa shape index (κ2) is 10.3. The molecular formula is C27H27FN2O3. The molecule has 6 heteroatoms. The lowest BCUT2D eigenvalue weighted by atomic mass is 10.0. The number of carbonyl (C=O) groups excluding carboxylic acids is 2. The zero-order chi connectivity index (χ0) is 23.2. The zero-order valence-corrected chi connectivity index (χ0v) is 18.6. The summed E-state index contributed by atoms with van der Waals surface area (Å²) in [5.41, 5.74) is 4.50. The van der Waals surface area contributed by atoms with E-state index in [9.17, 15) is 14.0 Å². The van der Waals surface area contributed by atoms with Gasteiger partial charge in [0.05, 0.1) is 13.0 Å². The molecule has 1 N–H and O–H groups in total. The predicted octanol–water partition coefficient (Wildman–Crippen LogP) is 4.54. The monoisotopic (exact) mass is 446 g/mol. The van der Waals surface area contributed by atoms with Crippen molar-refractivity contribution in [2.24, 2.45) is 0 Å². The summed E-state index contributed by atoms with van der Waals surface area (Å²) >= 11 is 0. The molecule has 0 spiro atoms. The lowest BCUT2D eigenvalue weighted by molar-refractivity contribution is -0.144. The molecule has 0 radical (unpaired) electrons. The van der Waals surface area contributed by atoms with Gasteiger partial charge in [0, 0.05) is 24.3 Å².